The Labute approximate surface area is 163 Å². The first-order valence-corrected chi connectivity index (χ1v) is 9.88. The molecule has 0 radical (unpaired) electrons. The van der Waals surface area contributed by atoms with Gasteiger partial charge in [-0.3, -0.25) is 9.59 Å². The van der Waals surface area contributed by atoms with Crippen molar-refractivity contribution in [2.24, 2.45) is 0 Å². The second-order valence-electron chi connectivity index (χ2n) is 6.62. The molecule has 1 N–H and O–H groups in total. The van der Waals surface area contributed by atoms with Gasteiger partial charge in [-0.1, -0.05) is 23.9 Å². The van der Waals surface area contributed by atoms with E-state index >= 15 is 0 Å². The summed E-state index contributed by atoms with van der Waals surface area (Å²) in [5, 5.41) is 12.4. The quantitative estimate of drug-likeness (QED) is 0.623. The number of anilines is 1. The van der Waals surface area contributed by atoms with Gasteiger partial charge >= 0.3 is 0 Å². The molecule has 0 fully saturated rings. The summed E-state index contributed by atoms with van der Waals surface area (Å²) < 4.78 is 0. The smallest absolute Gasteiger partial charge is 0.237 e. The minimum absolute atomic E-state index is 0.102. The van der Waals surface area contributed by atoms with Gasteiger partial charge in [0.1, 0.15) is 11.1 Å². The molecule has 6 heteroatoms. The van der Waals surface area contributed by atoms with Crippen LogP contribution in [0.1, 0.15) is 53.9 Å². The van der Waals surface area contributed by atoms with Crippen molar-refractivity contribution in [1.29, 1.82) is 5.26 Å². The van der Waals surface area contributed by atoms with E-state index in [9.17, 15) is 14.9 Å². The minimum atomic E-state index is -0.453. The number of rotatable bonds is 5. The van der Waals surface area contributed by atoms with Crippen LogP contribution >= 0.6 is 11.8 Å². The number of ketones is 1. The number of nitrogens with zero attached hydrogens (tertiary/aromatic N) is 2. The number of nitrogens with one attached hydrogen (secondary N) is 1. The summed E-state index contributed by atoms with van der Waals surface area (Å²) in [6.07, 6.45) is 4.11. The number of hydrogen-bond donors (Lipinski definition) is 1. The molecule has 1 unspecified atom stereocenters. The van der Waals surface area contributed by atoms with Crippen molar-refractivity contribution in [3.63, 3.8) is 0 Å². The second kappa shape index (κ2) is 8.36. The Morgan fingerprint density at radius 3 is 2.74 bits per heavy atom. The Bertz CT molecular complexity index is 934. The van der Waals surface area contributed by atoms with E-state index < -0.39 is 5.25 Å². The molecule has 27 heavy (non-hydrogen) atoms. The highest BCUT2D eigenvalue weighted by Crippen LogP contribution is 2.30. The molecule has 1 aliphatic carbocycles. The number of hydrogen-bond acceptors (Lipinski definition) is 5. The largest absolute Gasteiger partial charge is 0.324 e. The maximum atomic E-state index is 12.6. The van der Waals surface area contributed by atoms with Crippen LogP contribution in [0.5, 0.6) is 0 Å². The molecule has 0 aliphatic heterocycles. The molecule has 1 aromatic carbocycles. The van der Waals surface area contributed by atoms with E-state index in [1.54, 1.807) is 31.2 Å². The first-order valence-electron chi connectivity index (χ1n) is 9.00. The van der Waals surface area contributed by atoms with Gasteiger partial charge in [0, 0.05) is 11.3 Å². The summed E-state index contributed by atoms with van der Waals surface area (Å²) in [4.78, 5) is 29.0. The van der Waals surface area contributed by atoms with Gasteiger partial charge in [0.25, 0.3) is 0 Å². The van der Waals surface area contributed by atoms with Crippen molar-refractivity contribution in [3.8, 4) is 6.07 Å². The van der Waals surface area contributed by atoms with Gasteiger partial charge in [0.15, 0.2) is 5.78 Å². The number of amides is 1. The maximum Gasteiger partial charge on any atom is 0.237 e. The highest BCUT2D eigenvalue weighted by molar-refractivity contribution is 8.00. The highest BCUT2D eigenvalue weighted by Gasteiger charge is 2.21. The van der Waals surface area contributed by atoms with E-state index in [4.69, 9.17) is 0 Å². The molecule has 0 saturated heterocycles. The van der Waals surface area contributed by atoms with E-state index in [2.05, 4.69) is 16.4 Å². The molecule has 2 aromatic rings. The number of aryl methyl sites for hydroxylation is 2. The third-order valence-electron chi connectivity index (χ3n) is 4.61. The topological polar surface area (TPSA) is 82.8 Å². The molecule has 0 spiro atoms. The predicted octanol–water partition coefficient (Wildman–Crippen LogP) is 4.15. The van der Waals surface area contributed by atoms with Crippen molar-refractivity contribution in [2.75, 3.05) is 5.32 Å². The number of carbonyl (C=O) groups is 2. The number of carbonyl (C=O) groups excluding carboxylic acids is 2. The zero-order chi connectivity index (χ0) is 19.4. The molecular formula is C21H21N3O2S. The van der Waals surface area contributed by atoms with Gasteiger partial charge in [-0.25, -0.2) is 4.98 Å². The van der Waals surface area contributed by atoms with Gasteiger partial charge in [-0.2, -0.15) is 5.26 Å². The minimum Gasteiger partial charge on any atom is -0.324 e. The third-order valence-corrected chi connectivity index (χ3v) is 5.71. The summed E-state index contributed by atoms with van der Waals surface area (Å²) in [7, 11) is 0. The van der Waals surface area contributed by atoms with Gasteiger partial charge in [0.05, 0.1) is 16.5 Å². The van der Waals surface area contributed by atoms with Crippen LogP contribution in [0.3, 0.4) is 0 Å². The summed E-state index contributed by atoms with van der Waals surface area (Å²) in [5.41, 5.74) is 3.69. The van der Waals surface area contributed by atoms with Gasteiger partial charge in [-0.05, 0) is 63.3 Å². The van der Waals surface area contributed by atoms with E-state index in [-0.39, 0.29) is 11.7 Å². The molecule has 5 nitrogen and oxygen atoms in total. The first kappa shape index (κ1) is 19.1. The fourth-order valence-electron chi connectivity index (χ4n) is 3.14. The van der Waals surface area contributed by atoms with Gasteiger partial charge in [0.2, 0.25) is 5.91 Å². The van der Waals surface area contributed by atoms with Crippen LogP contribution in [0.4, 0.5) is 5.69 Å². The average Bonchev–Trinajstić information content (AvgIpc) is 2.67. The van der Waals surface area contributed by atoms with Crippen molar-refractivity contribution >= 4 is 29.1 Å². The molecule has 1 atom stereocenters. The number of Topliss-reactive ketones (excluding diaryl/α,β-unsaturated/α-hetero) is 1. The molecule has 3 rings (SSSR count). The van der Waals surface area contributed by atoms with Crippen LogP contribution < -0.4 is 5.32 Å². The number of pyridine rings is 1. The molecule has 1 amide bonds. The fourth-order valence-corrected chi connectivity index (χ4v) is 4.03. The first-order chi connectivity index (χ1) is 13.0. The van der Waals surface area contributed by atoms with E-state index in [0.717, 1.165) is 36.9 Å². The van der Waals surface area contributed by atoms with E-state index in [0.29, 0.717) is 21.8 Å². The Hall–Kier alpha value is -2.65. The number of aromatic nitrogens is 1. The van der Waals surface area contributed by atoms with Crippen LogP contribution in [0, 0.1) is 11.3 Å². The van der Waals surface area contributed by atoms with Crippen LogP contribution in [0.15, 0.2) is 35.4 Å². The Kier molecular flexibility index (Phi) is 5.92. The molecular weight excluding hydrogens is 358 g/mol. The number of para-hydroxylation sites is 1. The normalized spacial score (nSPS) is 14.0. The van der Waals surface area contributed by atoms with E-state index in [1.807, 2.05) is 6.07 Å². The molecule has 1 heterocycles. The van der Waals surface area contributed by atoms with Crippen molar-refractivity contribution in [1.82, 2.24) is 4.98 Å². The molecule has 138 valence electrons. The Balaban J connectivity index is 1.77. The van der Waals surface area contributed by atoms with Crippen molar-refractivity contribution in [3.05, 3.63) is 52.7 Å². The number of thioether (sulfide) groups is 1. The lowest BCUT2D eigenvalue weighted by molar-refractivity contribution is -0.115. The Morgan fingerprint density at radius 1 is 1.26 bits per heavy atom. The zero-order valence-electron chi connectivity index (χ0n) is 15.4. The SMILES string of the molecule is CC(=O)c1ccccc1NC(=O)C(C)Sc1nc2c(cc1C#N)CCCC2. The average molecular weight is 379 g/mol. The molecule has 0 bridgehead atoms. The summed E-state index contributed by atoms with van der Waals surface area (Å²) in [6.45, 7) is 3.25. The fraction of sp³-hybridized carbons (Fsp3) is 0.333. The number of benzene rings is 1. The lowest BCUT2D eigenvalue weighted by Crippen LogP contribution is -2.24. The van der Waals surface area contributed by atoms with E-state index in [1.165, 1.54) is 18.7 Å². The van der Waals surface area contributed by atoms with Gasteiger partial charge < -0.3 is 5.32 Å². The summed E-state index contributed by atoms with van der Waals surface area (Å²) >= 11 is 1.28. The van der Waals surface area contributed by atoms with Crippen molar-refractivity contribution < 1.29 is 9.59 Å². The van der Waals surface area contributed by atoms with Crippen LogP contribution in [0.25, 0.3) is 0 Å². The monoisotopic (exact) mass is 379 g/mol. The van der Waals surface area contributed by atoms with Crippen LogP contribution in [-0.4, -0.2) is 21.9 Å². The second-order valence-corrected chi connectivity index (χ2v) is 7.95. The van der Waals surface area contributed by atoms with Crippen LogP contribution in [-0.2, 0) is 17.6 Å². The summed E-state index contributed by atoms with van der Waals surface area (Å²) in [6, 6.07) is 11.1. The van der Waals surface area contributed by atoms with Gasteiger partial charge in [-0.15, -0.1) is 0 Å². The predicted molar refractivity (Wildman–Crippen MR) is 106 cm³/mol. The molecule has 0 saturated carbocycles. The summed E-state index contributed by atoms with van der Waals surface area (Å²) in [5.74, 6) is -0.327. The molecule has 1 aromatic heterocycles. The highest BCUT2D eigenvalue weighted by atomic mass is 32.2. The van der Waals surface area contributed by atoms with Crippen LogP contribution in [0.2, 0.25) is 0 Å². The third kappa shape index (κ3) is 4.37. The number of fused-ring (bicyclic) bond motifs is 1. The lowest BCUT2D eigenvalue weighted by Gasteiger charge is -2.18. The standard InChI is InChI=1S/C21H21N3O2S/c1-13(25)17-8-4-6-10-19(17)23-20(26)14(2)27-21-16(12-22)11-15-7-3-5-9-18(15)24-21/h4,6,8,10-11,14H,3,5,7,9H2,1-2H3,(H,23,26). The lowest BCUT2D eigenvalue weighted by atomic mass is 9.95. The van der Waals surface area contributed by atoms with Crippen molar-refractivity contribution in [2.45, 2.75) is 49.8 Å². The molecule has 1 aliphatic rings. The number of nitriles is 1. The Morgan fingerprint density at radius 2 is 2.00 bits per heavy atom. The maximum absolute atomic E-state index is 12.6. The zero-order valence-corrected chi connectivity index (χ0v) is 16.2.